The summed E-state index contributed by atoms with van der Waals surface area (Å²) in [5.41, 5.74) is 6.99. The van der Waals surface area contributed by atoms with Crippen LogP contribution in [0.25, 0.3) is 0 Å². The molecule has 1 atom stereocenters. The highest BCUT2D eigenvalue weighted by Gasteiger charge is 2.08. The van der Waals surface area contributed by atoms with Crippen LogP contribution in [0.5, 0.6) is 5.75 Å². The third-order valence-electron chi connectivity index (χ3n) is 2.88. The lowest BCUT2D eigenvalue weighted by atomic mass is 10.1. The lowest BCUT2D eigenvalue weighted by molar-refractivity contribution is 0.297. The van der Waals surface area contributed by atoms with Crippen LogP contribution in [-0.2, 0) is 13.0 Å². The molecule has 106 valence electrons. The second-order valence-electron chi connectivity index (χ2n) is 4.83. The predicted octanol–water partition coefficient (Wildman–Crippen LogP) is 3.43. The fourth-order valence-corrected chi connectivity index (χ4v) is 1.96. The number of halogens is 2. The third-order valence-corrected chi connectivity index (χ3v) is 2.88. The van der Waals surface area contributed by atoms with Gasteiger partial charge in [-0.25, -0.2) is 8.78 Å². The van der Waals surface area contributed by atoms with E-state index in [0.717, 1.165) is 18.1 Å². The fourth-order valence-electron chi connectivity index (χ4n) is 1.96. The van der Waals surface area contributed by atoms with Crippen LogP contribution in [0, 0.1) is 11.6 Å². The fraction of sp³-hybridized carbons (Fsp3) is 0.250. The van der Waals surface area contributed by atoms with E-state index >= 15 is 0 Å². The van der Waals surface area contributed by atoms with Crippen molar-refractivity contribution in [2.24, 2.45) is 5.73 Å². The Morgan fingerprint density at radius 1 is 1.15 bits per heavy atom. The Balaban J connectivity index is 2.05. The minimum absolute atomic E-state index is 0.00871. The van der Waals surface area contributed by atoms with Crippen LogP contribution >= 0.6 is 0 Å². The van der Waals surface area contributed by atoms with Crippen LogP contribution in [0.4, 0.5) is 8.78 Å². The van der Waals surface area contributed by atoms with Gasteiger partial charge < -0.3 is 10.5 Å². The first kappa shape index (κ1) is 14.5. The molecule has 2 rings (SSSR count). The maximum atomic E-state index is 13.5. The van der Waals surface area contributed by atoms with Crippen LogP contribution in [0.3, 0.4) is 0 Å². The zero-order valence-electron chi connectivity index (χ0n) is 11.3. The van der Waals surface area contributed by atoms with E-state index in [4.69, 9.17) is 10.5 Å². The van der Waals surface area contributed by atoms with Gasteiger partial charge in [-0.15, -0.1) is 0 Å². The maximum Gasteiger partial charge on any atom is 0.165 e. The van der Waals surface area contributed by atoms with E-state index in [0.29, 0.717) is 5.75 Å². The van der Waals surface area contributed by atoms with E-state index < -0.39 is 11.6 Å². The molecule has 4 heteroatoms. The van der Waals surface area contributed by atoms with Gasteiger partial charge in [0.05, 0.1) is 0 Å². The molecule has 2 nitrogen and oxygen atoms in total. The van der Waals surface area contributed by atoms with Crippen molar-refractivity contribution in [3.63, 3.8) is 0 Å². The van der Waals surface area contributed by atoms with Crippen LogP contribution in [0.15, 0.2) is 42.5 Å². The van der Waals surface area contributed by atoms with Crippen molar-refractivity contribution in [2.45, 2.75) is 26.0 Å². The molecule has 0 saturated heterocycles. The quantitative estimate of drug-likeness (QED) is 0.908. The normalized spacial score (nSPS) is 12.2. The average Bonchev–Trinajstić information content (AvgIpc) is 2.40. The molecule has 0 spiro atoms. The number of benzene rings is 2. The van der Waals surface area contributed by atoms with Crippen molar-refractivity contribution in [1.82, 2.24) is 0 Å². The Morgan fingerprint density at radius 2 is 1.90 bits per heavy atom. The highest BCUT2D eigenvalue weighted by molar-refractivity contribution is 5.29. The largest absolute Gasteiger partial charge is 0.489 e. The standard InChI is InChI=1S/C16H17F2NO/c1-11(19)8-12-4-2-6-14(9-12)20-10-13-5-3-7-15(17)16(13)18/h2-7,9,11H,8,10,19H2,1H3. The van der Waals surface area contributed by atoms with Crippen LogP contribution in [0.2, 0.25) is 0 Å². The monoisotopic (exact) mass is 277 g/mol. The summed E-state index contributed by atoms with van der Waals surface area (Å²) in [6.07, 6.45) is 0.742. The van der Waals surface area contributed by atoms with Crippen LogP contribution in [-0.4, -0.2) is 6.04 Å². The molecular weight excluding hydrogens is 260 g/mol. The molecule has 1 unspecified atom stereocenters. The van der Waals surface area contributed by atoms with Crippen molar-refractivity contribution in [2.75, 3.05) is 0 Å². The molecule has 0 bridgehead atoms. The van der Waals surface area contributed by atoms with Crippen LogP contribution in [0.1, 0.15) is 18.1 Å². The third kappa shape index (κ3) is 3.78. The second kappa shape index (κ2) is 6.48. The summed E-state index contributed by atoms with van der Waals surface area (Å²) in [7, 11) is 0. The average molecular weight is 277 g/mol. The van der Waals surface area contributed by atoms with E-state index in [1.165, 1.54) is 12.1 Å². The van der Waals surface area contributed by atoms with Gasteiger partial charge in [-0.05, 0) is 37.1 Å². The van der Waals surface area contributed by atoms with Gasteiger partial charge >= 0.3 is 0 Å². The maximum absolute atomic E-state index is 13.5. The first-order valence-corrected chi connectivity index (χ1v) is 6.46. The number of hydrogen-bond donors (Lipinski definition) is 1. The Hall–Kier alpha value is -1.94. The lowest BCUT2D eigenvalue weighted by Gasteiger charge is -2.10. The van der Waals surface area contributed by atoms with Gasteiger partial charge in [0.25, 0.3) is 0 Å². The van der Waals surface area contributed by atoms with Gasteiger partial charge in [0.15, 0.2) is 11.6 Å². The molecule has 2 N–H and O–H groups in total. The summed E-state index contributed by atoms with van der Waals surface area (Å²) in [5.74, 6) is -1.11. The molecule has 0 fully saturated rings. The zero-order chi connectivity index (χ0) is 14.5. The molecule has 20 heavy (non-hydrogen) atoms. The Labute approximate surface area is 117 Å². The van der Waals surface area contributed by atoms with Crippen molar-refractivity contribution < 1.29 is 13.5 Å². The van der Waals surface area contributed by atoms with Crippen molar-refractivity contribution in [3.05, 3.63) is 65.2 Å². The van der Waals surface area contributed by atoms with E-state index in [9.17, 15) is 8.78 Å². The van der Waals surface area contributed by atoms with Gasteiger partial charge in [0, 0.05) is 11.6 Å². The molecule has 2 aromatic carbocycles. The van der Waals surface area contributed by atoms with Gasteiger partial charge in [-0.3, -0.25) is 0 Å². The van der Waals surface area contributed by atoms with Crippen molar-refractivity contribution in [3.8, 4) is 5.75 Å². The Morgan fingerprint density at radius 3 is 2.65 bits per heavy atom. The summed E-state index contributed by atoms with van der Waals surface area (Å²) in [5, 5.41) is 0. The second-order valence-corrected chi connectivity index (χ2v) is 4.83. The van der Waals surface area contributed by atoms with Crippen molar-refractivity contribution >= 4 is 0 Å². The number of nitrogens with two attached hydrogens (primary N) is 1. The predicted molar refractivity (Wildman–Crippen MR) is 74.5 cm³/mol. The van der Waals surface area contributed by atoms with Gasteiger partial charge in [-0.2, -0.15) is 0 Å². The molecule has 0 radical (unpaired) electrons. The molecule has 0 saturated carbocycles. The summed E-state index contributed by atoms with van der Waals surface area (Å²) >= 11 is 0. The topological polar surface area (TPSA) is 35.2 Å². The molecule has 0 aromatic heterocycles. The summed E-state index contributed by atoms with van der Waals surface area (Å²) in [4.78, 5) is 0. The van der Waals surface area contributed by atoms with E-state index in [1.807, 2.05) is 25.1 Å². The Bertz CT molecular complexity index is 584. The summed E-state index contributed by atoms with van der Waals surface area (Å²) in [6.45, 7) is 1.92. The minimum Gasteiger partial charge on any atom is -0.489 e. The highest BCUT2D eigenvalue weighted by Crippen LogP contribution is 2.18. The highest BCUT2D eigenvalue weighted by atomic mass is 19.2. The zero-order valence-corrected chi connectivity index (χ0v) is 11.3. The minimum atomic E-state index is -0.864. The first-order valence-electron chi connectivity index (χ1n) is 6.46. The Kier molecular flexibility index (Phi) is 4.69. The van der Waals surface area contributed by atoms with Crippen molar-refractivity contribution in [1.29, 1.82) is 0 Å². The molecule has 0 aliphatic heterocycles. The number of ether oxygens (including phenoxy) is 1. The van der Waals surface area contributed by atoms with Gasteiger partial charge in [0.1, 0.15) is 12.4 Å². The molecule has 2 aromatic rings. The van der Waals surface area contributed by atoms with E-state index in [-0.39, 0.29) is 18.2 Å². The first-order chi connectivity index (χ1) is 9.56. The SMILES string of the molecule is CC(N)Cc1cccc(OCc2cccc(F)c2F)c1. The van der Waals surface area contributed by atoms with Gasteiger partial charge in [0.2, 0.25) is 0 Å². The molecule has 0 amide bonds. The molecular formula is C16H17F2NO. The lowest BCUT2D eigenvalue weighted by Crippen LogP contribution is -2.17. The van der Waals surface area contributed by atoms with Crippen LogP contribution < -0.4 is 10.5 Å². The summed E-state index contributed by atoms with van der Waals surface area (Å²) < 4.78 is 32.1. The molecule has 0 aliphatic carbocycles. The van der Waals surface area contributed by atoms with E-state index in [2.05, 4.69) is 0 Å². The molecule has 0 heterocycles. The smallest absolute Gasteiger partial charge is 0.165 e. The van der Waals surface area contributed by atoms with Gasteiger partial charge in [-0.1, -0.05) is 24.3 Å². The van der Waals surface area contributed by atoms with E-state index in [1.54, 1.807) is 6.07 Å². The molecule has 0 aliphatic rings. The number of hydrogen-bond acceptors (Lipinski definition) is 2. The number of rotatable bonds is 5. The summed E-state index contributed by atoms with van der Waals surface area (Å²) in [6, 6.07) is 11.6.